The number of aliphatic hydroxyl groups excluding tert-OH is 1. The van der Waals surface area contributed by atoms with Crippen LogP contribution in [0.4, 0.5) is 0 Å². The van der Waals surface area contributed by atoms with E-state index < -0.39 is 0 Å². The van der Waals surface area contributed by atoms with Crippen LogP contribution in [0.3, 0.4) is 0 Å². The standard InChI is InChI=1S/C9H18N2O2.ClH/c1-7-8(3-2-4-10-7)9(13)11-5-6-12;/h7-8,10,12H,2-6H2,1H3,(H,11,13);1H/t7-,8-;/m1./s1. The van der Waals surface area contributed by atoms with Crippen LogP contribution in [-0.4, -0.2) is 36.8 Å². The number of nitrogens with one attached hydrogen (secondary N) is 2. The fraction of sp³-hybridized carbons (Fsp3) is 0.889. The second kappa shape index (κ2) is 7.04. The molecule has 0 aromatic carbocycles. The van der Waals surface area contributed by atoms with Crippen molar-refractivity contribution in [3.63, 3.8) is 0 Å². The highest BCUT2D eigenvalue weighted by Crippen LogP contribution is 2.15. The molecule has 0 unspecified atom stereocenters. The normalized spacial score (nSPS) is 26.4. The van der Waals surface area contributed by atoms with Crippen molar-refractivity contribution >= 4 is 18.3 Å². The van der Waals surface area contributed by atoms with Crippen LogP contribution in [0.2, 0.25) is 0 Å². The van der Waals surface area contributed by atoms with Crippen molar-refractivity contribution in [1.82, 2.24) is 10.6 Å². The second-order valence-corrected chi connectivity index (χ2v) is 3.51. The van der Waals surface area contributed by atoms with Crippen LogP contribution in [-0.2, 0) is 4.79 Å². The smallest absolute Gasteiger partial charge is 0.224 e. The number of hydrogen-bond donors (Lipinski definition) is 3. The molecule has 1 aliphatic heterocycles. The number of amides is 1. The molecule has 0 aromatic rings. The zero-order valence-corrected chi connectivity index (χ0v) is 9.27. The molecular formula is C9H19ClN2O2. The van der Waals surface area contributed by atoms with Gasteiger partial charge in [-0.3, -0.25) is 4.79 Å². The van der Waals surface area contributed by atoms with Gasteiger partial charge in [0.05, 0.1) is 12.5 Å². The highest BCUT2D eigenvalue weighted by molar-refractivity contribution is 5.85. The van der Waals surface area contributed by atoms with E-state index in [0.717, 1.165) is 19.4 Å². The second-order valence-electron chi connectivity index (χ2n) is 3.51. The molecule has 4 nitrogen and oxygen atoms in total. The molecule has 1 saturated heterocycles. The van der Waals surface area contributed by atoms with Gasteiger partial charge in [-0.15, -0.1) is 12.4 Å². The number of aliphatic hydroxyl groups is 1. The first-order valence-corrected chi connectivity index (χ1v) is 4.87. The minimum atomic E-state index is 0. The molecule has 1 fully saturated rings. The van der Waals surface area contributed by atoms with E-state index in [1.807, 2.05) is 6.92 Å². The Morgan fingerprint density at radius 2 is 2.36 bits per heavy atom. The summed E-state index contributed by atoms with van der Waals surface area (Å²) in [5.74, 6) is 0.133. The molecule has 84 valence electrons. The lowest BCUT2D eigenvalue weighted by Crippen LogP contribution is -2.47. The van der Waals surface area contributed by atoms with E-state index in [0.29, 0.717) is 6.54 Å². The predicted molar refractivity (Wildman–Crippen MR) is 57.5 cm³/mol. The zero-order chi connectivity index (χ0) is 9.68. The monoisotopic (exact) mass is 222 g/mol. The molecule has 0 spiro atoms. The minimum Gasteiger partial charge on any atom is -0.395 e. The van der Waals surface area contributed by atoms with E-state index in [-0.39, 0.29) is 36.9 Å². The number of halogens is 1. The van der Waals surface area contributed by atoms with Gasteiger partial charge in [0.15, 0.2) is 0 Å². The van der Waals surface area contributed by atoms with Crippen molar-refractivity contribution in [2.45, 2.75) is 25.8 Å². The van der Waals surface area contributed by atoms with E-state index in [2.05, 4.69) is 10.6 Å². The topological polar surface area (TPSA) is 61.4 Å². The van der Waals surface area contributed by atoms with Crippen LogP contribution in [0.15, 0.2) is 0 Å². The number of rotatable bonds is 3. The largest absolute Gasteiger partial charge is 0.395 e. The molecule has 1 amide bonds. The van der Waals surface area contributed by atoms with Crippen molar-refractivity contribution in [2.24, 2.45) is 5.92 Å². The summed E-state index contributed by atoms with van der Waals surface area (Å²) in [5, 5.41) is 14.5. The average Bonchev–Trinajstić information content (AvgIpc) is 2.15. The van der Waals surface area contributed by atoms with E-state index in [1.54, 1.807) is 0 Å². The Hall–Kier alpha value is -0.320. The Morgan fingerprint density at radius 1 is 1.64 bits per heavy atom. The fourth-order valence-electron chi connectivity index (χ4n) is 1.71. The van der Waals surface area contributed by atoms with Gasteiger partial charge < -0.3 is 15.7 Å². The highest BCUT2D eigenvalue weighted by atomic mass is 35.5. The SMILES string of the molecule is C[C@H]1NCCC[C@H]1C(=O)NCCO.Cl. The summed E-state index contributed by atoms with van der Waals surface area (Å²) in [4.78, 5) is 11.5. The lowest BCUT2D eigenvalue weighted by molar-refractivity contribution is -0.126. The molecular weight excluding hydrogens is 204 g/mol. The molecule has 14 heavy (non-hydrogen) atoms. The van der Waals surface area contributed by atoms with E-state index in [4.69, 9.17) is 5.11 Å². The van der Waals surface area contributed by atoms with Crippen LogP contribution < -0.4 is 10.6 Å². The third-order valence-corrected chi connectivity index (χ3v) is 2.51. The lowest BCUT2D eigenvalue weighted by Gasteiger charge is -2.28. The molecule has 0 radical (unpaired) electrons. The zero-order valence-electron chi connectivity index (χ0n) is 8.45. The molecule has 5 heteroatoms. The summed E-state index contributed by atoms with van der Waals surface area (Å²) < 4.78 is 0. The lowest BCUT2D eigenvalue weighted by atomic mass is 9.91. The number of hydrogen-bond acceptors (Lipinski definition) is 3. The van der Waals surface area contributed by atoms with Gasteiger partial charge in [0.1, 0.15) is 0 Å². The maximum Gasteiger partial charge on any atom is 0.224 e. The quantitative estimate of drug-likeness (QED) is 0.625. The van der Waals surface area contributed by atoms with E-state index in [1.165, 1.54) is 0 Å². The highest BCUT2D eigenvalue weighted by Gasteiger charge is 2.26. The van der Waals surface area contributed by atoms with Gasteiger partial charge >= 0.3 is 0 Å². The van der Waals surface area contributed by atoms with Gasteiger partial charge in [-0.1, -0.05) is 0 Å². The van der Waals surface area contributed by atoms with Crippen LogP contribution in [0.5, 0.6) is 0 Å². The summed E-state index contributed by atoms with van der Waals surface area (Å²) in [6.45, 7) is 3.41. The van der Waals surface area contributed by atoms with Crippen molar-refractivity contribution < 1.29 is 9.90 Å². The molecule has 0 bridgehead atoms. The van der Waals surface area contributed by atoms with Gasteiger partial charge in [0.2, 0.25) is 5.91 Å². The maximum absolute atomic E-state index is 11.5. The van der Waals surface area contributed by atoms with Crippen molar-refractivity contribution in [3.8, 4) is 0 Å². The average molecular weight is 223 g/mol. The first-order chi connectivity index (χ1) is 6.25. The summed E-state index contributed by atoms with van der Waals surface area (Å²) in [6, 6.07) is 0.257. The fourth-order valence-corrected chi connectivity index (χ4v) is 1.71. The molecule has 0 aromatic heterocycles. The Morgan fingerprint density at radius 3 is 2.93 bits per heavy atom. The van der Waals surface area contributed by atoms with Gasteiger partial charge in [0.25, 0.3) is 0 Å². The molecule has 1 rings (SSSR count). The Labute approximate surface area is 90.9 Å². The predicted octanol–water partition coefficient (Wildman–Crippen LogP) is -0.0952. The molecule has 1 aliphatic rings. The number of carbonyl (C=O) groups excluding carboxylic acids is 1. The van der Waals surface area contributed by atoms with Gasteiger partial charge in [-0.2, -0.15) is 0 Å². The number of piperidine rings is 1. The van der Waals surface area contributed by atoms with Crippen LogP contribution in [0.25, 0.3) is 0 Å². The Balaban J connectivity index is 0.00000169. The molecule has 0 saturated carbocycles. The summed E-state index contributed by atoms with van der Waals surface area (Å²) >= 11 is 0. The van der Waals surface area contributed by atoms with Crippen molar-refractivity contribution in [1.29, 1.82) is 0 Å². The summed E-state index contributed by atoms with van der Waals surface area (Å²) in [6.07, 6.45) is 2.01. The Kier molecular flexibility index (Phi) is 6.87. The Bertz CT molecular complexity index is 178. The van der Waals surface area contributed by atoms with E-state index in [9.17, 15) is 4.79 Å². The molecule has 3 N–H and O–H groups in total. The molecule has 2 atom stereocenters. The van der Waals surface area contributed by atoms with Crippen molar-refractivity contribution in [2.75, 3.05) is 19.7 Å². The van der Waals surface area contributed by atoms with Gasteiger partial charge in [-0.05, 0) is 26.3 Å². The first-order valence-electron chi connectivity index (χ1n) is 4.87. The van der Waals surface area contributed by atoms with Gasteiger partial charge in [0, 0.05) is 12.6 Å². The van der Waals surface area contributed by atoms with Crippen LogP contribution >= 0.6 is 12.4 Å². The third kappa shape index (κ3) is 3.82. The summed E-state index contributed by atoms with van der Waals surface area (Å²) in [7, 11) is 0. The first kappa shape index (κ1) is 13.7. The van der Waals surface area contributed by atoms with Gasteiger partial charge in [-0.25, -0.2) is 0 Å². The third-order valence-electron chi connectivity index (χ3n) is 2.51. The molecule has 0 aliphatic carbocycles. The number of carbonyl (C=O) groups is 1. The molecule has 1 heterocycles. The summed E-state index contributed by atoms with van der Waals surface area (Å²) in [5.41, 5.74) is 0. The van der Waals surface area contributed by atoms with E-state index >= 15 is 0 Å². The van der Waals surface area contributed by atoms with Crippen LogP contribution in [0.1, 0.15) is 19.8 Å². The minimum absolute atomic E-state index is 0. The van der Waals surface area contributed by atoms with Crippen molar-refractivity contribution in [3.05, 3.63) is 0 Å². The van der Waals surface area contributed by atoms with Crippen LogP contribution in [0, 0.1) is 5.92 Å². The maximum atomic E-state index is 11.5.